The SMILES string of the molecule is CCOCCN(CC)c1ncc(CNCC(C)C)cc1Cl. The van der Waals surface area contributed by atoms with Crippen molar-refractivity contribution in [3.8, 4) is 0 Å². The van der Waals surface area contributed by atoms with Crippen LogP contribution in [-0.2, 0) is 11.3 Å². The van der Waals surface area contributed by atoms with Gasteiger partial charge in [-0.15, -0.1) is 0 Å². The number of likely N-dealkylation sites (N-methyl/N-ethyl adjacent to an activating group) is 1. The van der Waals surface area contributed by atoms with Gasteiger partial charge in [-0.1, -0.05) is 25.4 Å². The van der Waals surface area contributed by atoms with E-state index in [0.29, 0.717) is 17.5 Å². The van der Waals surface area contributed by atoms with E-state index in [1.165, 1.54) is 0 Å². The van der Waals surface area contributed by atoms with Crippen molar-refractivity contribution in [1.82, 2.24) is 10.3 Å². The van der Waals surface area contributed by atoms with Crippen molar-refractivity contribution in [1.29, 1.82) is 0 Å². The van der Waals surface area contributed by atoms with Crippen LogP contribution in [0.25, 0.3) is 0 Å². The van der Waals surface area contributed by atoms with Gasteiger partial charge in [0.1, 0.15) is 5.82 Å². The summed E-state index contributed by atoms with van der Waals surface area (Å²) in [6, 6.07) is 2.00. The molecule has 21 heavy (non-hydrogen) atoms. The zero-order valence-electron chi connectivity index (χ0n) is 13.7. The fraction of sp³-hybridized carbons (Fsp3) is 0.688. The van der Waals surface area contributed by atoms with E-state index in [4.69, 9.17) is 16.3 Å². The number of anilines is 1. The number of hydrogen-bond acceptors (Lipinski definition) is 4. The molecule has 0 atom stereocenters. The van der Waals surface area contributed by atoms with Crippen LogP contribution in [0, 0.1) is 5.92 Å². The third kappa shape index (κ3) is 6.64. The molecule has 0 aliphatic rings. The second-order valence-corrected chi connectivity index (χ2v) is 5.86. The molecule has 1 heterocycles. The minimum atomic E-state index is 0.641. The van der Waals surface area contributed by atoms with Gasteiger partial charge in [0.25, 0.3) is 0 Å². The average molecular weight is 314 g/mol. The molecular formula is C16H28ClN3O. The van der Waals surface area contributed by atoms with Crippen molar-refractivity contribution in [3.05, 3.63) is 22.8 Å². The van der Waals surface area contributed by atoms with Crippen molar-refractivity contribution in [2.45, 2.75) is 34.2 Å². The minimum Gasteiger partial charge on any atom is -0.380 e. The lowest BCUT2D eigenvalue weighted by molar-refractivity contribution is 0.154. The van der Waals surface area contributed by atoms with E-state index in [9.17, 15) is 0 Å². The molecule has 120 valence electrons. The van der Waals surface area contributed by atoms with Crippen LogP contribution < -0.4 is 10.2 Å². The van der Waals surface area contributed by atoms with Crippen LogP contribution in [0.4, 0.5) is 5.82 Å². The maximum atomic E-state index is 6.38. The summed E-state index contributed by atoms with van der Waals surface area (Å²) < 4.78 is 5.40. The number of pyridine rings is 1. The molecule has 0 aliphatic heterocycles. The van der Waals surface area contributed by atoms with Gasteiger partial charge in [-0.05, 0) is 37.9 Å². The molecule has 4 nitrogen and oxygen atoms in total. The van der Waals surface area contributed by atoms with Crippen molar-refractivity contribution in [3.63, 3.8) is 0 Å². The maximum Gasteiger partial charge on any atom is 0.147 e. The van der Waals surface area contributed by atoms with Crippen LogP contribution >= 0.6 is 11.6 Å². The summed E-state index contributed by atoms with van der Waals surface area (Å²) in [7, 11) is 0. The largest absolute Gasteiger partial charge is 0.380 e. The fourth-order valence-electron chi connectivity index (χ4n) is 2.04. The van der Waals surface area contributed by atoms with Crippen LogP contribution in [0.1, 0.15) is 33.3 Å². The highest BCUT2D eigenvalue weighted by atomic mass is 35.5. The van der Waals surface area contributed by atoms with Gasteiger partial charge in [0.05, 0.1) is 11.6 Å². The molecule has 0 unspecified atom stereocenters. The van der Waals surface area contributed by atoms with E-state index in [2.05, 4.69) is 36.0 Å². The molecule has 1 N–H and O–H groups in total. The highest BCUT2D eigenvalue weighted by molar-refractivity contribution is 6.33. The first kappa shape index (κ1) is 18.2. The molecule has 1 rings (SSSR count). The summed E-state index contributed by atoms with van der Waals surface area (Å²) in [6.45, 7) is 13.4. The molecule has 0 aromatic carbocycles. The normalized spacial score (nSPS) is 11.1. The lowest BCUT2D eigenvalue weighted by atomic mass is 10.2. The Morgan fingerprint density at radius 2 is 2.14 bits per heavy atom. The van der Waals surface area contributed by atoms with E-state index in [1.54, 1.807) is 0 Å². The standard InChI is InChI=1S/C16H28ClN3O/c1-5-20(7-8-21-6-2)16-15(17)9-14(12-19-16)11-18-10-13(3)4/h9,12-13,18H,5-8,10-11H2,1-4H3. The number of aromatic nitrogens is 1. The molecular weight excluding hydrogens is 286 g/mol. The zero-order valence-corrected chi connectivity index (χ0v) is 14.4. The van der Waals surface area contributed by atoms with Crippen LogP contribution in [0.2, 0.25) is 5.02 Å². The molecule has 1 aromatic rings. The number of nitrogens with one attached hydrogen (secondary N) is 1. The second kappa shape index (κ2) is 9.98. The van der Waals surface area contributed by atoms with Gasteiger partial charge in [0.15, 0.2) is 0 Å². The van der Waals surface area contributed by atoms with Crippen LogP contribution in [0.5, 0.6) is 0 Å². The van der Waals surface area contributed by atoms with Crippen LogP contribution in [0.3, 0.4) is 0 Å². The lowest BCUT2D eigenvalue weighted by Gasteiger charge is -2.23. The Morgan fingerprint density at radius 3 is 2.71 bits per heavy atom. The van der Waals surface area contributed by atoms with Crippen molar-refractivity contribution in [2.75, 3.05) is 37.7 Å². The third-order valence-corrected chi connectivity index (χ3v) is 3.43. The first-order valence-electron chi connectivity index (χ1n) is 7.76. The lowest BCUT2D eigenvalue weighted by Crippen LogP contribution is -2.28. The van der Waals surface area contributed by atoms with Gasteiger partial charge in [0.2, 0.25) is 0 Å². The van der Waals surface area contributed by atoms with Crippen molar-refractivity contribution >= 4 is 17.4 Å². The van der Waals surface area contributed by atoms with Crippen molar-refractivity contribution < 1.29 is 4.74 Å². The van der Waals surface area contributed by atoms with E-state index < -0.39 is 0 Å². The summed E-state index contributed by atoms with van der Waals surface area (Å²) in [5.74, 6) is 1.48. The third-order valence-electron chi connectivity index (χ3n) is 3.15. The number of ether oxygens (including phenoxy) is 1. The minimum absolute atomic E-state index is 0.641. The first-order valence-corrected chi connectivity index (χ1v) is 8.14. The van der Waals surface area contributed by atoms with Gasteiger partial charge >= 0.3 is 0 Å². The molecule has 0 spiro atoms. The van der Waals surface area contributed by atoms with E-state index in [1.807, 2.05) is 19.2 Å². The fourth-order valence-corrected chi connectivity index (χ4v) is 2.35. The van der Waals surface area contributed by atoms with Gasteiger partial charge in [-0.2, -0.15) is 0 Å². The van der Waals surface area contributed by atoms with Crippen LogP contribution in [-0.4, -0.2) is 37.8 Å². The van der Waals surface area contributed by atoms with E-state index in [-0.39, 0.29) is 0 Å². The Hall–Kier alpha value is -0.840. The molecule has 0 radical (unpaired) electrons. The molecule has 0 amide bonds. The van der Waals surface area contributed by atoms with Crippen LogP contribution in [0.15, 0.2) is 12.3 Å². The van der Waals surface area contributed by atoms with E-state index in [0.717, 1.165) is 44.2 Å². The Labute approximate surface area is 133 Å². The highest BCUT2D eigenvalue weighted by Gasteiger charge is 2.11. The monoisotopic (exact) mass is 313 g/mol. The Balaban J connectivity index is 2.62. The predicted molar refractivity (Wildman–Crippen MR) is 90.2 cm³/mol. The Bertz CT molecular complexity index is 413. The van der Waals surface area contributed by atoms with E-state index >= 15 is 0 Å². The number of rotatable bonds is 10. The number of hydrogen-bond donors (Lipinski definition) is 1. The summed E-state index contributed by atoms with van der Waals surface area (Å²) in [4.78, 5) is 6.67. The predicted octanol–water partition coefficient (Wildman–Crippen LogP) is 3.34. The summed E-state index contributed by atoms with van der Waals surface area (Å²) in [5, 5.41) is 4.11. The molecule has 0 fully saturated rings. The quantitative estimate of drug-likeness (QED) is 0.672. The molecule has 5 heteroatoms. The number of halogens is 1. The van der Waals surface area contributed by atoms with Gasteiger partial charge in [-0.3, -0.25) is 0 Å². The summed E-state index contributed by atoms with van der Waals surface area (Å²) in [6.07, 6.45) is 1.90. The zero-order chi connectivity index (χ0) is 15.7. The maximum absolute atomic E-state index is 6.38. The second-order valence-electron chi connectivity index (χ2n) is 5.45. The molecule has 1 aromatic heterocycles. The molecule has 0 bridgehead atoms. The van der Waals surface area contributed by atoms with Crippen molar-refractivity contribution in [2.24, 2.45) is 5.92 Å². The molecule has 0 saturated heterocycles. The molecule has 0 aliphatic carbocycles. The summed E-state index contributed by atoms with van der Waals surface area (Å²) >= 11 is 6.38. The number of nitrogens with zero attached hydrogens (tertiary/aromatic N) is 2. The van der Waals surface area contributed by atoms with Gasteiger partial charge in [0, 0.05) is 32.4 Å². The van der Waals surface area contributed by atoms with Gasteiger partial charge < -0.3 is 15.0 Å². The topological polar surface area (TPSA) is 37.4 Å². The average Bonchev–Trinajstić information content (AvgIpc) is 2.44. The summed E-state index contributed by atoms with van der Waals surface area (Å²) in [5.41, 5.74) is 1.12. The smallest absolute Gasteiger partial charge is 0.147 e. The highest BCUT2D eigenvalue weighted by Crippen LogP contribution is 2.23. The molecule has 0 saturated carbocycles. The first-order chi connectivity index (χ1) is 10.1. The Morgan fingerprint density at radius 1 is 1.38 bits per heavy atom. The van der Waals surface area contributed by atoms with Gasteiger partial charge in [-0.25, -0.2) is 4.98 Å². The Kier molecular flexibility index (Phi) is 8.66.